The highest BCUT2D eigenvalue weighted by molar-refractivity contribution is 5.17. The van der Waals surface area contributed by atoms with Gasteiger partial charge in [0.05, 0.1) is 0 Å². The molecule has 1 aromatic carbocycles. The zero-order valence-electron chi connectivity index (χ0n) is 8.70. The molecule has 0 spiro atoms. The normalized spacial score (nSPS) is 11.8. The molecule has 0 heterocycles. The first kappa shape index (κ1) is 11.1. The van der Waals surface area contributed by atoms with Gasteiger partial charge in [0, 0.05) is 12.1 Å². The van der Waals surface area contributed by atoms with Crippen LogP contribution in [0.15, 0.2) is 18.2 Å². The van der Waals surface area contributed by atoms with E-state index in [9.17, 15) is 8.78 Å². The molecule has 3 heteroatoms. The molecule has 1 nitrogen and oxygen atoms in total. The van der Waals surface area contributed by atoms with Crippen LogP contribution in [-0.2, 0) is 6.54 Å². The van der Waals surface area contributed by atoms with Crippen molar-refractivity contribution in [1.29, 1.82) is 0 Å². The molecule has 78 valence electrons. The Bertz CT molecular complexity index is 316. The molecule has 1 aromatic rings. The average Bonchev–Trinajstić information content (AvgIpc) is 2.06. The Morgan fingerprint density at radius 2 is 1.79 bits per heavy atom. The van der Waals surface area contributed by atoms with E-state index < -0.39 is 11.6 Å². The van der Waals surface area contributed by atoms with Gasteiger partial charge in [-0.1, -0.05) is 6.07 Å². The Kier molecular flexibility index (Phi) is 3.21. The van der Waals surface area contributed by atoms with E-state index in [1.807, 2.05) is 20.8 Å². The fourth-order valence-corrected chi connectivity index (χ4v) is 1.02. The summed E-state index contributed by atoms with van der Waals surface area (Å²) in [5, 5.41) is 3.20. The molecule has 0 radical (unpaired) electrons. The topological polar surface area (TPSA) is 12.0 Å². The minimum absolute atomic E-state index is 0.0230. The van der Waals surface area contributed by atoms with Crippen molar-refractivity contribution in [2.24, 2.45) is 0 Å². The van der Waals surface area contributed by atoms with Gasteiger partial charge >= 0.3 is 0 Å². The number of halogens is 2. The Morgan fingerprint density at radius 1 is 1.14 bits per heavy atom. The summed E-state index contributed by atoms with van der Waals surface area (Å²) in [6.07, 6.45) is 0. The maximum atomic E-state index is 12.8. The van der Waals surface area contributed by atoms with Crippen molar-refractivity contribution in [3.05, 3.63) is 35.4 Å². The number of hydrogen-bond donors (Lipinski definition) is 1. The first-order valence-corrected chi connectivity index (χ1v) is 4.57. The number of hydrogen-bond acceptors (Lipinski definition) is 1. The van der Waals surface area contributed by atoms with Gasteiger partial charge in [-0.25, -0.2) is 8.78 Å². The highest BCUT2D eigenvalue weighted by atomic mass is 19.2. The van der Waals surface area contributed by atoms with Gasteiger partial charge in [0.1, 0.15) is 0 Å². The predicted octanol–water partition coefficient (Wildman–Crippen LogP) is 2.85. The monoisotopic (exact) mass is 199 g/mol. The summed E-state index contributed by atoms with van der Waals surface area (Å²) in [4.78, 5) is 0. The van der Waals surface area contributed by atoms with E-state index in [2.05, 4.69) is 5.32 Å². The van der Waals surface area contributed by atoms with Crippen LogP contribution in [0.3, 0.4) is 0 Å². The van der Waals surface area contributed by atoms with E-state index in [0.717, 1.165) is 11.6 Å². The lowest BCUT2D eigenvalue weighted by atomic mass is 10.1. The SMILES string of the molecule is CC(C)(C)NCc1ccc(F)c(F)c1. The smallest absolute Gasteiger partial charge is 0.159 e. The van der Waals surface area contributed by atoms with Gasteiger partial charge in [0.2, 0.25) is 0 Å². The summed E-state index contributed by atoms with van der Waals surface area (Å²) in [7, 11) is 0. The minimum Gasteiger partial charge on any atom is -0.308 e. The lowest BCUT2D eigenvalue weighted by Gasteiger charge is -2.20. The molecule has 0 aliphatic rings. The molecule has 0 aliphatic heterocycles. The fourth-order valence-electron chi connectivity index (χ4n) is 1.02. The first-order valence-electron chi connectivity index (χ1n) is 4.57. The summed E-state index contributed by atoms with van der Waals surface area (Å²) in [5.41, 5.74) is 0.726. The third-order valence-corrected chi connectivity index (χ3v) is 1.81. The number of nitrogens with one attached hydrogen (secondary N) is 1. The first-order chi connectivity index (χ1) is 6.38. The van der Waals surface area contributed by atoms with Crippen LogP contribution in [0.25, 0.3) is 0 Å². The minimum atomic E-state index is -0.801. The van der Waals surface area contributed by atoms with Crippen molar-refractivity contribution in [2.75, 3.05) is 0 Å². The zero-order chi connectivity index (χ0) is 10.8. The van der Waals surface area contributed by atoms with Gasteiger partial charge in [-0.2, -0.15) is 0 Å². The molecule has 0 bridgehead atoms. The Hall–Kier alpha value is -0.960. The molecule has 0 saturated heterocycles. The van der Waals surface area contributed by atoms with E-state index in [1.54, 1.807) is 6.07 Å². The maximum absolute atomic E-state index is 12.8. The summed E-state index contributed by atoms with van der Waals surface area (Å²) >= 11 is 0. The van der Waals surface area contributed by atoms with Crippen LogP contribution < -0.4 is 5.32 Å². The van der Waals surface area contributed by atoms with Gasteiger partial charge in [-0.15, -0.1) is 0 Å². The molecule has 14 heavy (non-hydrogen) atoms. The average molecular weight is 199 g/mol. The molecule has 1 N–H and O–H groups in total. The molecule has 0 saturated carbocycles. The van der Waals surface area contributed by atoms with Crippen LogP contribution in [0.4, 0.5) is 8.78 Å². The molecule has 0 aliphatic carbocycles. The van der Waals surface area contributed by atoms with Gasteiger partial charge in [-0.3, -0.25) is 0 Å². The van der Waals surface area contributed by atoms with Crippen molar-refractivity contribution in [3.8, 4) is 0 Å². The van der Waals surface area contributed by atoms with Crippen molar-refractivity contribution in [3.63, 3.8) is 0 Å². The maximum Gasteiger partial charge on any atom is 0.159 e. The highest BCUT2D eigenvalue weighted by Gasteiger charge is 2.09. The molecule has 0 aromatic heterocycles. The third kappa shape index (κ3) is 3.42. The lowest BCUT2D eigenvalue weighted by Crippen LogP contribution is -2.35. The fraction of sp³-hybridized carbons (Fsp3) is 0.455. The quantitative estimate of drug-likeness (QED) is 0.772. The van der Waals surface area contributed by atoms with E-state index in [4.69, 9.17) is 0 Å². The highest BCUT2D eigenvalue weighted by Crippen LogP contribution is 2.09. The second-order valence-corrected chi connectivity index (χ2v) is 4.35. The van der Waals surface area contributed by atoms with Gasteiger partial charge < -0.3 is 5.32 Å². The summed E-state index contributed by atoms with van der Waals surface area (Å²) in [6, 6.07) is 3.94. The molecular formula is C11H15F2N. The molecule has 0 fully saturated rings. The molecule has 0 atom stereocenters. The lowest BCUT2D eigenvalue weighted by molar-refractivity contribution is 0.422. The molecule has 0 unspecified atom stereocenters. The number of rotatable bonds is 2. The van der Waals surface area contributed by atoms with Crippen LogP contribution in [-0.4, -0.2) is 5.54 Å². The summed E-state index contributed by atoms with van der Waals surface area (Å²) < 4.78 is 25.4. The summed E-state index contributed by atoms with van der Waals surface area (Å²) in [5.74, 6) is -1.59. The zero-order valence-corrected chi connectivity index (χ0v) is 8.70. The predicted molar refractivity (Wildman–Crippen MR) is 53.0 cm³/mol. The van der Waals surface area contributed by atoms with Crippen LogP contribution >= 0.6 is 0 Å². The Morgan fingerprint density at radius 3 is 2.29 bits per heavy atom. The molecule has 1 rings (SSSR count). The van der Waals surface area contributed by atoms with Gasteiger partial charge in [0.15, 0.2) is 11.6 Å². The van der Waals surface area contributed by atoms with Crippen LogP contribution in [0.1, 0.15) is 26.3 Å². The standard InChI is InChI=1S/C11H15F2N/c1-11(2,3)14-7-8-4-5-9(12)10(13)6-8/h4-6,14H,7H2,1-3H3. The van der Waals surface area contributed by atoms with Crippen LogP contribution in [0.2, 0.25) is 0 Å². The van der Waals surface area contributed by atoms with Crippen molar-refractivity contribution >= 4 is 0 Å². The van der Waals surface area contributed by atoms with Crippen molar-refractivity contribution < 1.29 is 8.78 Å². The van der Waals surface area contributed by atoms with Gasteiger partial charge in [0.25, 0.3) is 0 Å². The third-order valence-electron chi connectivity index (χ3n) is 1.81. The molecular weight excluding hydrogens is 184 g/mol. The van der Waals surface area contributed by atoms with Crippen molar-refractivity contribution in [1.82, 2.24) is 5.32 Å². The molecule has 0 amide bonds. The second kappa shape index (κ2) is 4.05. The van der Waals surface area contributed by atoms with E-state index in [-0.39, 0.29) is 5.54 Å². The second-order valence-electron chi connectivity index (χ2n) is 4.35. The van der Waals surface area contributed by atoms with Gasteiger partial charge in [-0.05, 0) is 38.5 Å². The Labute approximate surface area is 83.1 Å². The largest absolute Gasteiger partial charge is 0.308 e. The van der Waals surface area contributed by atoms with Crippen LogP contribution in [0.5, 0.6) is 0 Å². The van der Waals surface area contributed by atoms with E-state index in [0.29, 0.717) is 6.54 Å². The van der Waals surface area contributed by atoms with E-state index >= 15 is 0 Å². The van der Waals surface area contributed by atoms with Crippen molar-refractivity contribution in [2.45, 2.75) is 32.9 Å². The van der Waals surface area contributed by atoms with Crippen LogP contribution in [0, 0.1) is 11.6 Å². The van der Waals surface area contributed by atoms with E-state index in [1.165, 1.54) is 6.07 Å². The number of benzene rings is 1. The summed E-state index contributed by atoms with van der Waals surface area (Å²) in [6.45, 7) is 6.60. The Balaban J connectivity index is 2.65.